The van der Waals surface area contributed by atoms with E-state index in [1.807, 2.05) is 30.3 Å². The molecule has 1 saturated heterocycles. The second-order valence-electron chi connectivity index (χ2n) is 7.90. The smallest absolute Gasteiger partial charge is 0.178 e. The van der Waals surface area contributed by atoms with Gasteiger partial charge in [-0.1, -0.05) is 13.0 Å². The molecule has 0 amide bonds. The number of nitrogens with zero attached hydrogens (tertiary/aromatic N) is 2. The lowest BCUT2D eigenvalue weighted by Gasteiger charge is -2.16. The van der Waals surface area contributed by atoms with Gasteiger partial charge in [0.1, 0.15) is 17.2 Å². The fraction of sp³-hybridized carbons (Fsp3) is 0.250. The van der Waals surface area contributed by atoms with Gasteiger partial charge in [0.05, 0.1) is 26.9 Å². The average Bonchev–Trinajstić information content (AvgIpc) is 3.45. The van der Waals surface area contributed by atoms with E-state index in [0.29, 0.717) is 28.6 Å². The van der Waals surface area contributed by atoms with Gasteiger partial charge in [0.15, 0.2) is 15.7 Å². The van der Waals surface area contributed by atoms with Gasteiger partial charge in [-0.2, -0.15) is 0 Å². The Morgan fingerprint density at radius 1 is 1.15 bits per heavy atom. The Balaban J connectivity index is 1.56. The molecule has 2 unspecified atom stereocenters. The van der Waals surface area contributed by atoms with Crippen LogP contribution >= 0.6 is 0 Å². The average molecular weight is 482 g/mol. The second kappa shape index (κ2) is 8.72. The van der Waals surface area contributed by atoms with Crippen LogP contribution in [0.5, 0.6) is 11.5 Å². The summed E-state index contributed by atoms with van der Waals surface area (Å²) >= 11 is 0. The molecular formula is C24H23N3O4S2. The summed E-state index contributed by atoms with van der Waals surface area (Å²) in [5.41, 5.74) is 3.13. The Kier molecular flexibility index (Phi) is 5.76. The molecule has 1 N–H and O–H groups in total. The van der Waals surface area contributed by atoms with Crippen LogP contribution < -0.4 is 4.74 Å². The van der Waals surface area contributed by atoms with Crippen LogP contribution in [-0.2, 0) is 20.6 Å². The third-order valence-corrected chi connectivity index (χ3v) is 9.35. The van der Waals surface area contributed by atoms with Gasteiger partial charge in [-0.05, 0) is 55.3 Å². The number of fused-ring (bicyclic) bond motifs is 1. The van der Waals surface area contributed by atoms with Crippen molar-refractivity contribution in [1.82, 2.24) is 15.0 Å². The van der Waals surface area contributed by atoms with E-state index in [-0.39, 0.29) is 15.9 Å². The number of aromatic amines is 1. The molecule has 170 valence electrons. The predicted octanol–water partition coefficient (Wildman–Crippen LogP) is 4.79. The second-order valence-corrected chi connectivity index (χ2v) is 11.9. The largest absolute Gasteiger partial charge is 0.457 e. The molecule has 33 heavy (non-hydrogen) atoms. The van der Waals surface area contributed by atoms with E-state index in [1.54, 1.807) is 37.4 Å². The summed E-state index contributed by atoms with van der Waals surface area (Å²) in [7, 11) is -4.26. The van der Waals surface area contributed by atoms with E-state index in [4.69, 9.17) is 4.74 Å². The highest BCUT2D eigenvalue weighted by atomic mass is 32.2. The highest BCUT2D eigenvalue weighted by molar-refractivity contribution is 7.91. The Hall–Kier alpha value is -3.04. The van der Waals surface area contributed by atoms with Gasteiger partial charge in [0.2, 0.25) is 0 Å². The molecule has 7 nitrogen and oxygen atoms in total. The van der Waals surface area contributed by atoms with E-state index in [0.717, 1.165) is 29.6 Å². The third-order valence-electron chi connectivity index (χ3n) is 5.79. The van der Waals surface area contributed by atoms with Crippen molar-refractivity contribution in [2.75, 3.05) is 11.5 Å². The molecule has 2 atom stereocenters. The minimum atomic E-state index is -3.28. The predicted molar refractivity (Wildman–Crippen MR) is 129 cm³/mol. The summed E-state index contributed by atoms with van der Waals surface area (Å²) in [6.07, 6.45) is 3.44. The van der Waals surface area contributed by atoms with Gasteiger partial charge in [-0.15, -0.1) is 0 Å². The first-order valence-electron chi connectivity index (χ1n) is 10.8. The van der Waals surface area contributed by atoms with Crippen LogP contribution in [0.3, 0.4) is 0 Å². The number of H-pyrrole nitrogens is 1. The van der Waals surface area contributed by atoms with E-state index >= 15 is 0 Å². The van der Waals surface area contributed by atoms with Crippen LogP contribution in [0.25, 0.3) is 22.6 Å². The Bertz CT molecular complexity index is 1430. The number of sulfone groups is 1. The zero-order valence-corrected chi connectivity index (χ0v) is 19.7. The zero-order valence-electron chi connectivity index (χ0n) is 18.0. The number of hydrogen-bond acceptors (Lipinski definition) is 6. The standard InChI is InChI=1S/C24H23N3O4S2/c1-2-33(29,30)17-10-8-16(9-11-17)31-22-15-21-20(14-18(22)23-7-5-13-32(23)28)26-24(27-21)19-6-3-4-12-25-19/h3-4,6,8-12,14-15,23H,2,5,7,13H2,1H3,(H,26,27). The first-order chi connectivity index (χ1) is 15.9. The molecule has 0 spiro atoms. The molecule has 0 radical (unpaired) electrons. The van der Waals surface area contributed by atoms with E-state index < -0.39 is 20.6 Å². The van der Waals surface area contributed by atoms with Crippen molar-refractivity contribution < 1.29 is 17.4 Å². The maximum absolute atomic E-state index is 12.7. The molecule has 1 aliphatic rings. The molecule has 1 aliphatic heterocycles. The van der Waals surface area contributed by atoms with Crippen molar-refractivity contribution in [2.45, 2.75) is 29.9 Å². The number of benzene rings is 2. The minimum absolute atomic E-state index is 0.0409. The number of ether oxygens (including phenoxy) is 1. The van der Waals surface area contributed by atoms with Gasteiger partial charge < -0.3 is 9.72 Å². The molecule has 1 fully saturated rings. The fourth-order valence-electron chi connectivity index (χ4n) is 4.01. The molecule has 4 aromatic rings. The number of rotatable bonds is 6. The minimum Gasteiger partial charge on any atom is -0.457 e. The fourth-order valence-corrected chi connectivity index (χ4v) is 6.53. The van der Waals surface area contributed by atoms with Crippen molar-refractivity contribution in [3.05, 3.63) is 66.4 Å². The normalized spacial score (nSPS) is 18.6. The molecule has 3 heterocycles. The van der Waals surface area contributed by atoms with Gasteiger partial charge in [0.25, 0.3) is 0 Å². The van der Waals surface area contributed by atoms with E-state index in [9.17, 15) is 12.6 Å². The number of pyridine rings is 1. The molecule has 2 aromatic heterocycles. The molecule has 0 aliphatic carbocycles. The number of hydrogen-bond donors (Lipinski definition) is 1. The lowest BCUT2D eigenvalue weighted by Crippen LogP contribution is -2.04. The van der Waals surface area contributed by atoms with Crippen molar-refractivity contribution in [3.8, 4) is 23.0 Å². The summed E-state index contributed by atoms with van der Waals surface area (Å²) in [5, 5.41) is -0.120. The first-order valence-corrected chi connectivity index (χ1v) is 13.8. The van der Waals surface area contributed by atoms with Crippen molar-refractivity contribution >= 4 is 31.7 Å². The van der Waals surface area contributed by atoms with Gasteiger partial charge in [-0.3, -0.25) is 9.19 Å². The quantitative estimate of drug-likeness (QED) is 0.425. The van der Waals surface area contributed by atoms with Crippen molar-refractivity contribution in [2.24, 2.45) is 0 Å². The Morgan fingerprint density at radius 3 is 2.64 bits per heavy atom. The van der Waals surface area contributed by atoms with Crippen LogP contribution in [0.1, 0.15) is 30.6 Å². The van der Waals surface area contributed by atoms with E-state index in [1.165, 1.54) is 0 Å². The van der Waals surface area contributed by atoms with Crippen LogP contribution in [0.15, 0.2) is 65.7 Å². The Labute approximate surface area is 194 Å². The van der Waals surface area contributed by atoms with Gasteiger partial charge in [0, 0.05) is 34.4 Å². The molecular weight excluding hydrogens is 458 g/mol. The van der Waals surface area contributed by atoms with E-state index in [2.05, 4.69) is 15.0 Å². The number of imidazole rings is 1. The zero-order chi connectivity index (χ0) is 23.0. The molecule has 0 bridgehead atoms. The Morgan fingerprint density at radius 2 is 1.97 bits per heavy atom. The highest BCUT2D eigenvalue weighted by Crippen LogP contribution is 2.41. The highest BCUT2D eigenvalue weighted by Gasteiger charge is 2.29. The first kappa shape index (κ1) is 21.8. The lowest BCUT2D eigenvalue weighted by molar-refractivity contribution is 0.475. The maximum Gasteiger partial charge on any atom is 0.178 e. The SMILES string of the molecule is CCS(=O)(=O)c1ccc(Oc2cc3nc(-c4ccccn4)[nH]c3cc2C2CCCS2=O)cc1. The van der Waals surface area contributed by atoms with Crippen LogP contribution in [0.4, 0.5) is 0 Å². The monoisotopic (exact) mass is 481 g/mol. The molecule has 5 rings (SSSR count). The topological polar surface area (TPSA) is 102 Å². The summed E-state index contributed by atoms with van der Waals surface area (Å²) in [4.78, 5) is 12.6. The van der Waals surface area contributed by atoms with Gasteiger partial charge in [-0.25, -0.2) is 13.4 Å². The third kappa shape index (κ3) is 4.30. The lowest BCUT2D eigenvalue weighted by atomic mass is 10.1. The summed E-state index contributed by atoms with van der Waals surface area (Å²) in [6, 6.07) is 15.8. The molecule has 0 saturated carbocycles. The molecule has 2 aromatic carbocycles. The molecule has 9 heteroatoms. The maximum atomic E-state index is 12.7. The van der Waals surface area contributed by atoms with Crippen LogP contribution in [0.2, 0.25) is 0 Å². The van der Waals surface area contributed by atoms with Crippen molar-refractivity contribution in [1.29, 1.82) is 0 Å². The number of aromatic nitrogens is 3. The summed E-state index contributed by atoms with van der Waals surface area (Å²) in [5.74, 6) is 2.45. The van der Waals surface area contributed by atoms with Crippen LogP contribution in [-0.4, -0.2) is 39.1 Å². The summed E-state index contributed by atoms with van der Waals surface area (Å²) in [6.45, 7) is 1.62. The van der Waals surface area contributed by atoms with Crippen molar-refractivity contribution in [3.63, 3.8) is 0 Å². The summed E-state index contributed by atoms with van der Waals surface area (Å²) < 4.78 is 43.1. The van der Waals surface area contributed by atoms with Crippen LogP contribution in [0, 0.1) is 0 Å². The number of nitrogens with one attached hydrogen (secondary N) is 1. The van der Waals surface area contributed by atoms with Gasteiger partial charge >= 0.3 is 0 Å².